The number of aryl methyl sites for hydroxylation is 1. The summed E-state index contributed by atoms with van der Waals surface area (Å²) in [6.07, 6.45) is 12.1. The molecule has 0 saturated heterocycles. The second-order valence-corrected chi connectivity index (χ2v) is 24.5. The second kappa shape index (κ2) is 28.8. The highest BCUT2D eigenvalue weighted by molar-refractivity contribution is 5.85. The number of unbranched alkanes of at least 4 members (excludes halogenated alkanes) is 1. The molecular weight excluding hydrogens is 1140 g/mol. The highest BCUT2D eigenvalue weighted by Crippen LogP contribution is 2.61. The van der Waals surface area contributed by atoms with Crippen LogP contribution in [0.15, 0.2) is 255 Å². The number of para-hydroxylation sites is 1. The lowest BCUT2D eigenvalue weighted by Gasteiger charge is -2.39. The number of carbonyl (C=O) groups excluding carboxylic acids is 6. The number of rotatable bonds is 20. The molecule has 0 N–H and O–H groups in total. The average Bonchev–Trinajstić information content (AvgIpc) is 1.57. The number of ether oxygens (including phenoxy) is 2. The van der Waals surface area contributed by atoms with Gasteiger partial charge in [0.05, 0.1) is 6.61 Å². The Hall–Kier alpha value is -10.1. The summed E-state index contributed by atoms with van der Waals surface area (Å²) >= 11 is 0. The highest BCUT2D eigenvalue weighted by atomic mass is 16.5. The van der Waals surface area contributed by atoms with Crippen molar-refractivity contribution in [2.75, 3.05) is 6.61 Å². The molecule has 0 spiro atoms. The Bertz CT molecular complexity index is 4090. The van der Waals surface area contributed by atoms with Crippen LogP contribution in [0.1, 0.15) is 141 Å². The van der Waals surface area contributed by atoms with Crippen molar-refractivity contribution in [1.29, 1.82) is 0 Å². The highest BCUT2D eigenvalue weighted by Gasteiger charge is 2.50. The summed E-state index contributed by atoms with van der Waals surface area (Å²) in [4.78, 5) is 58.7. The fourth-order valence-corrected chi connectivity index (χ4v) is 16.2. The van der Waals surface area contributed by atoms with Gasteiger partial charge in [0.25, 0.3) is 0 Å². The number of esters is 2. The van der Waals surface area contributed by atoms with Gasteiger partial charge in [-0.1, -0.05) is 262 Å². The standard InChI is InChI=1S/C45H38O2.C37H38O2.2CO2/c46-43(47-34-17-5-2-6-18-34)28-30-45(41-25-13-9-21-37(41)38-22-10-14-26-42(38)45)32-31-44(29-27-33-15-3-1-4-16-33)39-23-11-7-19-35(39)36-20-8-12-24-40(36)44;1-3-5-23-36(31-18-10-6-14-27(31)28-15-7-11-19-32(28)36)25-26-37(24-22-35(38)39-4-2)33-20-12-8-16-29(33)30-17-9-13-21-34(30)37;2*2-1-3/h1-26H,27-32H2;6-21H,3-5,22-26H2,1-2H3;;. The quantitative estimate of drug-likeness (QED) is 0.0546. The molecule has 10 aromatic rings. The molecule has 8 heteroatoms. The molecule has 4 aliphatic carbocycles. The predicted octanol–water partition coefficient (Wildman–Crippen LogP) is 18.8. The van der Waals surface area contributed by atoms with Crippen LogP contribution in [0.2, 0.25) is 0 Å². The summed E-state index contributed by atoms with van der Waals surface area (Å²) in [5.74, 6) is 0.307. The lowest BCUT2D eigenvalue weighted by molar-refractivity contribution is -0.193. The summed E-state index contributed by atoms with van der Waals surface area (Å²) < 4.78 is 11.3. The van der Waals surface area contributed by atoms with Gasteiger partial charge in [-0.25, -0.2) is 0 Å². The summed E-state index contributed by atoms with van der Waals surface area (Å²) in [6, 6.07) is 92.0. The van der Waals surface area contributed by atoms with Crippen LogP contribution in [0.4, 0.5) is 0 Å². The molecule has 92 heavy (non-hydrogen) atoms. The number of hydrogen-bond acceptors (Lipinski definition) is 8. The monoisotopic (exact) mass is 1210 g/mol. The van der Waals surface area contributed by atoms with Gasteiger partial charge < -0.3 is 9.47 Å². The van der Waals surface area contributed by atoms with Crippen molar-refractivity contribution >= 4 is 24.2 Å². The Morgan fingerprint density at radius 3 is 0.880 bits per heavy atom. The van der Waals surface area contributed by atoms with Gasteiger partial charge in [-0.15, -0.1) is 0 Å². The third kappa shape index (κ3) is 12.2. The first kappa shape index (κ1) is 63.5. The van der Waals surface area contributed by atoms with E-state index in [1.165, 1.54) is 107 Å². The minimum Gasteiger partial charge on any atom is -0.466 e. The van der Waals surface area contributed by atoms with Crippen LogP contribution in [0.3, 0.4) is 0 Å². The minimum absolute atomic E-state index is 0.0351. The maximum atomic E-state index is 13.4. The van der Waals surface area contributed by atoms with Crippen molar-refractivity contribution in [2.24, 2.45) is 0 Å². The smallest absolute Gasteiger partial charge is 0.373 e. The van der Waals surface area contributed by atoms with Crippen molar-refractivity contribution in [3.63, 3.8) is 0 Å². The van der Waals surface area contributed by atoms with Gasteiger partial charge in [0.15, 0.2) is 0 Å². The molecular formula is C84H76O8. The van der Waals surface area contributed by atoms with E-state index in [4.69, 9.17) is 28.7 Å². The molecule has 460 valence electrons. The van der Waals surface area contributed by atoms with E-state index in [0.717, 1.165) is 51.4 Å². The fraction of sp³-hybridized carbons (Fsp3) is 0.238. The van der Waals surface area contributed by atoms with Gasteiger partial charge >= 0.3 is 24.2 Å². The van der Waals surface area contributed by atoms with E-state index >= 15 is 0 Å². The van der Waals surface area contributed by atoms with E-state index in [1.807, 2.05) is 37.3 Å². The van der Waals surface area contributed by atoms with E-state index < -0.39 is 0 Å². The molecule has 0 amide bonds. The third-order valence-electron chi connectivity index (χ3n) is 20.1. The molecule has 0 aromatic heterocycles. The summed E-state index contributed by atoms with van der Waals surface area (Å²) in [5, 5.41) is 0. The molecule has 0 atom stereocenters. The maximum Gasteiger partial charge on any atom is 0.373 e. The van der Waals surface area contributed by atoms with Crippen molar-refractivity contribution < 1.29 is 38.2 Å². The van der Waals surface area contributed by atoms with Gasteiger partial charge in [0.2, 0.25) is 0 Å². The van der Waals surface area contributed by atoms with Crippen LogP contribution in [-0.2, 0) is 61.6 Å². The van der Waals surface area contributed by atoms with Crippen molar-refractivity contribution in [1.82, 2.24) is 0 Å². The molecule has 0 heterocycles. The molecule has 0 aliphatic heterocycles. The van der Waals surface area contributed by atoms with E-state index in [9.17, 15) is 9.59 Å². The van der Waals surface area contributed by atoms with Crippen molar-refractivity contribution in [2.45, 2.75) is 119 Å². The maximum absolute atomic E-state index is 13.4. The normalized spacial score (nSPS) is 14.0. The minimum atomic E-state index is -0.324. The Morgan fingerprint density at radius 2 is 0.576 bits per heavy atom. The molecule has 0 radical (unpaired) electrons. The van der Waals surface area contributed by atoms with Gasteiger partial charge in [0, 0.05) is 34.5 Å². The average molecular weight is 1210 g/mol. The Morgan fingerprint density at radius 1 is 0.315 bits per heavy atom. The fourth-order valence-electron chi connectivity index (χ4n) is 16.2. The van der Waals surface area contributed by atoms with Crippen LogP contribution < -0.4 is 4.74 Å². The number of benzene rings is 10. The molecule has 0 unspecified atom stereocenters. The third-order valence-corrected chi connectivity index (χ3v) is 20.1. The first-order valence-corrected chi connectivity index (χ1v) is 32.4. The van der Waals surface area contributed by atoms with Gasteiger partial charge in [0.1, 0.15) is 5.75 Å². The largest absolute Gasteiger partial charge is 0.466 e. The second-order valence-electron chi connectivity index (χ2n) is 24.5. The zero-order chi connectivity index (χ0) is 64.0. The summed E-state index contributed by atoms with van der Waals surface area (Å²) in [7, 11) is 0. The Balaban J connectivity index is 0.000000176. The van der Waals surface area contributed by atoms with Crippen molar-refractivity contribution in [3.05, 3.63) is 305 Å². The SMILES string of the molecule is CCCCC1(CCC2(CCC(=O)OCC)c3ccccc3-c3ccccc32)c2ccccc2-c2ccccc21.O=C(CCC1(CCC2(CCc3ccccc3)c3ccccc3-c3ccccc32)c2ccccc2-c2ccccc21)Oc1ccccc1.O=C=O.O=C=O. The van der Waals surface area contributed by atoms with Gasteiger partial charge in [-0.2, -0.15) is 19.2 Å². The van der Waals surface area contributed by atoms with E-state index in [1.54, 1.807) is 0 Å². The number of hydrogen-bond donors (Lipinski definition) is 0. The van der Waals surface area contributed by atoms with E-state index in [0.29, 0.717) is 31.6 Å². The number of carbonyl (C=O) groups is 2. The van der Waals surface area contributed by atoms with Crippen LogP contribution in [-0.4, -0.2) is 30.8 Å². The van der Waals surface area contributed by atoms with E-state index in [2.05, 4.69) is 231 Å². The topological polar surface area (TPSA) is 121 Å². The number of fused-ring (bicyclic) bond motifs is 12. The van der Waals surface area contributed by atoms with E-state index in [-0.39, 0.29) is 45.9 Å². The lowest BCUT2D eigenvalue weighted by Crippen LogP contribution is -2.33. The molecule has 14 rings (SSSR count). The molecule has 0 bridgehead atoms. The Kier molecular flexibility index (Phi) is 19.9. The predicted molar refractivity (Wildman–Crippen MR) is 361 cm³/mol. The lowest BCUT2D eigenvalue weighted by atomic mass is 9.64. The molecule has 0 fully saturated rings. The first-order valence-electron chi connectivity index (χ1n) is 32.4. The van der Waals surface area contributed by atoms with Crippen LogP contribution >= 0.6 is 0 Å². The summed E-state index contributed by atoms with van der Waals surface area (Å²) in [5.41, 5.74) is 22.4. The van der Waals surface area contributed by atoms with Crippen LogP contribution in [0.25, 0.3) is 44.5 Å². The molecule has 10 aromatic carbocycles. The zero-order valence-electron chi connectivity index (χ0n) is 52.4. The summed E-state index contributed by atoms with van der Waals surface area (Å²) in [6.45, 7) is 4.61. The molecule has 0 saturated carbocycles. The first-order chi connectivity index (χ1) is 45.1. The molecule has 4 aliphatic rings. The van der Waals surface area contributed by atoms with Crippen molar-refractivity contribution in [3.8, 4) is 50.3 Å². The zero-order valence-corrected chi connectivity index (χ0v) is 52.4. The Labute approximate surface area is 540 Å². The molecule has 8 nitrogen and oxygen atoms in total. The van der Waals surface area contributed by atoms with Gasteiger partial charge in [-0.3, -0.25) is 9.59 Å². The van der Waals surface area contributed by atoms with Crippen LogP contribution in [0.5, 0.6) is 5.75 Å². The van der Waals surface area contributed by atoms with Crippen LogP contribution in [0, 0.1) is 0 Å². The van der Waals surface area contributed by atoms with Gasteiger partial charge in [-0.05, 0) is 171 Å².